The molecular weight excluding hydrogens is 198 g/mol. The smallest absolute Gasteiger partial charge is 0.244 e. The van der Waals surface area contributed by atoms with Crippen molar-refractivity contribution in [3.8, 4) is 0 Å². The molecule has 0 heterocycles. The lowest BCUT2D eigenvalue weighted by atomic mass is 10.1. The summed E-state index contributed by atoms with van der Waals surface area (Å²) in [6, 6.07) is 0. The van der Waals surface area contributed by atoms with Gasteiger partial charge in [0.1, 0.15) is 0 Å². The molecule has 16 heavy (non-hydrogen) atoms. The number of allylic oxidation sites excluding steroid dienone is 3. The van der Waals surface area contributed by atoms with Gasteiger partial charge in [0.2, 0.25) is 5.91 Å². The predicted octanol–water partition coefficient (Wildman–Crippen LogP) is 3.59. The summed E-state index contributed by atoms with van der Waals surface area (Å²) in [4.78, 5) is 11.4. The van der Waals surface area contributed by atoms with Gasteiger partial charge in [-0.1, -0.05) is 38.0 Å². The van der Waals surface area contributed by atoms with Crippen LogP contribution >= 0.6 is 0 Å². The number of amides is 1. The molecule has 0 aliphatic carbocycles. The lowest BCUT2D eigenvalue weighted by Crippen LogP contribution is -2.39. The first kappa shape index (κ1) is 14.9. The van der Waals surface area contributed by atoms with Gasteiger partial charge in [0.05, 0.1) is 0 Å². The highest BCUT2D eigenvalue weighted by Crippen LogP contribution is 2.00. The third-order valence-electron chi connectivity index (χ3n) is 1.97. The zero-order valence-corrected chi connectivity index (χ0v) is 11.0. The van der Waals surface area contributed by atoms with Crippen LogP contribution in [-0.2, 0) is 4.79 Å². The minimum atomic E-state index is -0.160. The van der Waals surface area contributed by atoms with Crippen molar-refractivity contribution >= 4 is 5.91 Å². The van der Waals surface area contributed by atoms with Gasteiger partial charge >= 0.3 is 0 Å². The lowest BCUT2D eigenvalue weighted by Gasteiger charge is -2.18. The second-order valence-corrected chi connectivity index (χ2v) is 5.02. The normalized spacial score (nSPS) is 12.5. The van der Waals surface area contributed by atoms with Gasteiger partial charge in [-0.05, 0) is 33.6 Å². The zero-order chi connectivity index (χ0) is 12.4. The number of unbranched alkanes of at least 4 members (excludes halogenated alkanes) is 3. The topological polar surface area (TPSA) is 29.1 Å². The summed E-state index contributed by atoms with van der Waals surface area (Å²) < 4.78 is 0. The first-order valence-electron chi connectivity index (χ1n) is 6.11. The van der Waals surface area contributed by atoms with E-state index in [0.717, 1.165) is 6.42 Å². The fraction of sp³-hybridized carbons (Fsp3) is 0.643. The molecule has 0 spiro atoms. The van der Waals surface area contributed by atoms with Crippen molar-refractivity contribution in [1.82, 2.24) is 5.32 Å². The van der Waals surface area contributed by atoms with Crippen molar-refractivity contribution in [3.05, 3.63) is 24.3 Å². The van der Waals surface area contributed by atoms with E-state index in [9.17, 15) is 4.79 Å². The maximum atomic E-state index is 11.4. The van der Waals surface area contributed by atoms with Crippen LogP contribution in [0.5, 0.6) is 0 Å². The molecule has 2 heteroatoms. The van der Waals surface area contributed by atoms with Crippen LogP contribution in [0.15, 0.2) is 24.3 Å². The molecule has 0 saturated heterocycles. The molecule has 0 aromatic heterocycles. The van der Waals surface area contributed by atoms with Gasteiger partial charge in [0.25, 0.3) is 0 Å². The third-order valence-corrected chi connectivity index (χ3v) is 1.97. The average molecular weight is 223 g/mol. The van der Waals surface area contributed by atoms with Crippen molar-refractivity contribution in [2.24, 2.45) is 0 Å². The van der Waals surface area contributed by atoms with Gasteiger partial charge < -0.3 is 5.32 Å². The molecule has 1 N–H and O–H groups in total. The van der Waals surface area contributed by atoms with E-state index in [1.54, 1.807) is 12.2 Å². The zero-order valence-electron chi connectivity index (χ0n) is 11.0. The Hall–Kier alpha value is -1.05. The average Bonchev–Trinajstić information content (AvgIpc) is 2.13. The van der Waals surface area contributed by atoms with Crippen LogP contribution in [0, 0.1) is 0 Å². The molecular formula is C14H25NO. The summed E-state index contributed by atoms with van der Waals surface area (Å²) in [5, 5.41) is 2.87. The Morgan fingerprint density at radius 1 is 1.19 bits per heavy atom. The highest BCUT2D eigenvalue weighted by Gasteiger charge is 2.10. The molecule has 0 aromatic rings. The molecule has 0 aliphatic rings. The Morgan fingerprint density at radius 3 is 2.44 bits per heavy atom. The fourth-order valence-electron chi connectivity index (χ4n) is 1.24. The molecule has 0 aliphatic heterocycles. The standard InChI is InChI=1S/C14H25NO/c1-5-6-7-8-9-10-11-12-13(16)15-14(2,3)4/h9-12H,5-8H2,1-4H3,(H,15,16)/b10-9?,12-11-. The molecule has 0 aromatic carbocycles. The molecule has 0 bridgehead atoms. The van der Waals surface area contributed by atoms with Gasteiger partial charge in [-0.3, -0.25) is 4.79 Å². The van der Waals surface area contributed by atoms with Crippen LogP contribution < -0.4 is 5.32 Å². The first-order valence-corrected chi connectivity index (χ1v) is 6.11. The second-order valence-electron chi connectivity index (χ2n) is 5.02. The second kappa shape index (κ2) is 8.14. The maximum absolute atomic E-state index is 11.4. The van der Waals surface area contributed by atoms with E-state index in [4.69, 9.17) is 0 Å². The van der Waals surface area contributed by atoms with Crippen LogP contribution in [-0.4, -0.2) is 11.4 Å². The summed E-state index contributed by atoms with van der Waals surface area (Å²) in [5.41, 5.74) is -0.160. The molecule has 0 atom stereocenters. The number of hydrogen-bond donors (Lipinski definition) is 1. The first-order chi connectivity index (χ1) is 7.45. The Bertz CT molecular complexity index is 246. The molecule has 2 nitrogen and oxygen atoms in total. The molecule has 0 radical (unpaired) electrons. The van der Waals surface area contributed by atoms with Gasteiger partial charge in [0, 0.05) is 11.6 Å². The van der Waals surface area contributed by atoms with Gasteiger partial charge in [-0.2, -0.15) is 0 Å². The van der Waals surface area contributed by atoms with E-state index < -0.39 is 0 Å². The summed E-state index contributed by atoms with van der Waals surface area (Å²) in [5.74, 6) is -0.0364. The maximum Gasteiger partial charge on any atom is 0.244 e. The lowest BCUT2D eigenvalue weighted by molar-refractivity contribution is -0.117. The number of hydrogen-bond acceptors (Lipinski definition) is 1. The monoisotopic (exact) mass is 223 g/mol. The van der Waals surface area contributed by atoms with E-state index in [2.05, 4.69) is 18.3 Å². The van der Waals surface area contributed by atoms with Crippen molar-refractivity contribution < 1.29 is 4.79 Å². The molecule has 92 valence electrons. The van der Waals surface area contributed by atoms with Crippen molar-refractivity contribution in [3.63, 3.8) is 0 Å². The number of rotatable bonds is 6. The number of carbonyl (C=O) groups is 1. The van der Waals surface area contributed by atoms with E-state index in [1.165, 1.54) is 19.3 Å². The Kier molecular flexibility index (Phi) is 7.61. The van der Waals surface area contributed by atoms with E-state index in [1.807, 2.05) is 26.8 Å². The minimum Gasteiger partial charge on any atom is -0.348 e. The predicted molar refractivity (Wildman–Crippen MR) is 70.3 cm³/mol. The van der Waals surface area contributed by atoms with Gasteiger partial charge in [0.15, 0.2) is 0 Å². The van der Waals surface area contributed by atoms with Crippen LogP contribution in [0.3, 0.4) is 0 Å². The number of nitrogens with one attached hydrogen (secondary N) is 1. The molecule has 1 amide bonds. The van der Waals surface area contributed by atoms with Crippen molar-refractivity contribution in [2.75, 3.05) is 0 Å². The van der Waals surface area contributed by atoms with Gasteiger partial charge in [-0.25, -0.2) is 0 Å². The van der Waals surface area contributed by atoms with Gasteiger partial charge in [-0.15, -0.1) is 0 Å². The molecule has 0 saturated carbocycles. The van der Waals surface area contributed by atoms with Crippen LogP contribution in [0.1, 0.15) is 53.4 Å². The van der Waals surface area contributed by atoms with E-state index >= 15 is 0 Å². The van der Waals surface area contributed by atoms with Crippen LogP contribution in [0.25, 0.3) is 0 Å². The summed E-state index contributed by atoms with van der Waals surface area (Å²) in [6.45, 7) is 8.11. The molecule has 0 rings (SSSR count). The summed E-state index contributed by atoms with van der Waals surface area (Å²) in [7, 11) is 0. The van der Waals surface area contributed by atoms with Crippen molar-refractivity contribution in [1.29, 1.82) is 0 Å². The summed E-state index contributed by atoms with van der Waals surface area (Å²) in [6.07, 6.45) is 12.3. The largest absolute Gasteiger partial charge is 0.348 e. The highest BCUT2D eigenvalue weighted by atomic mass is 16.1. The molecule has 0 unspecified atom stereocenters. The Balaban J connectivity index is 3.71. The quantitative estimate of drug-likeness (QED) is 0.416. The van der Waals surface area contributed by atoms with Crippen LogP contribution in [0.2, 0.25) is 0 Å². The minimum absolute atomic E-state index is 0.0364. The summed E-state index contributed by atoms with van der Waals surface area (Å²) >= 11 is 0. The Morgan fingerprint density at radius 2 is 1.88 bits per heavy atom. The fourth-order valence-corrected chi connectivity index (χ4v) is 1.24. The van der Waals surface area contributed by atoms with E-state index in [0.29, 0.717) is 0 Å². The SMILES string of the molecule is CCCCCC=C/C=C\C(=O)NC(C)(C)C. The highest BCUT2D eigenvalue weighted by molar-refractivity contribution is 5.88. The van der Waals surface area contributed by atoms with Crippen LogP contribution in [0.4, 0.5) is 0 Å². The molecule has 0 fully saturated rings. The number of carbonyl (C=O) groups excluding carboxylic acids is 1. The Labute approximate surface area is 99.8 Å². The van der Waals surface area contributed by atoms with E-state index in [-0.39, 0.29) is 11.4 Å². The van der Waals surface area contributed by atoms with Crippen molar-refractivity contribution in [2.45, 2.75) is 58.9 Å². The third kappa shape index (κ3) is 11.0.